The van der Waals surface area contributed by atoms with Gasteiger partial charge in [-0.05, 0) is 27.2 Å². The molecule has 212 valence electrons. The van der Waals surface area contributed by atoms with E-state index < -0.39 is 59.9 Å². The van der Waals surface area contributed by atoms with E-state index in [1.54, 1.807) is 20.8 Å². The third-order valence-corrected chi connectivity index (χ3v) is 4.88. The van der Waals surface area contributed by atoms with Crippen LogP contribution < -0.4 is 10.6 Å². The van der Waals surface area contributed by atoms with Crippen LogP contribution in [0.3, 0.4) is 0 Å². The van der Waals surface area contributed by atoms with Crippen LogP contribution in [0.2, 0.25) is 0 Å². The molecule has 5 atom stereocenters. The molecule has 1 amide bonds. The molecule has 1 saturated heterocycles. The van der Waals surface area contributed by atoms with Gasteiger partial charge in [0.15, 0.2) is 12.2 Å². The number of ether oxygens (including phenoxy) is 6. The molecule has 0 radical (unpaired) electrons. The normalized spacial score (nSPS) is 23.5. The summed E-state index contributed by atoms with van der Waals surface area (Å²) in [5, 5.41) is 5.63. The number of esters is 4. The fourth-order valence-electron chi connectivity index (χ4n) is 3.69. The lowest BCUT2D eigenvalue weighted by molar-refractivity contribution is -0.225. The third-order valence-electron chi connectivity index (χ3n) is 4.88. The quantitative estimate of drug-likeness (QED) is 0.186. The maximum Gasteiger partial charge on any atom is 0.320 e. The minimum Gasteiger partial charge on any atom is -0.463 e. The Hall–Kier alpha value is -2.77. The number of carbonyl (C=O) groups is 5. The molecule has 0 aromatic heterocycles. The van der Waals surface area contributed by atoms with Crippen molar-refractivity contribution in [1.29, 1.82) is 0 Å². The molecule has 1 rings (SSSR count). The van der Waals surface area contributed by atoms with Gasteiger partial charge in [-0.1, -0.05) is 0 Å². The number of nitrogens with one attached hydrogen (secondary N) is 2. The molecular formula is C24H40N2O11. The van der Waals surface area contributed by atoms with Gasteiger partial charge in [0.05, 0.1) is 25.3 Å². The molecule has 0 aliphatic carbocycles. The summed E-state index contributed by atoms with van der Waals surface area (Å²) < 4.78 is 32.8. The van der Waals surface area contributed by atoms with E-state index in [2.05, 4.69) is 10.6 Å². The van der Waals surface area contributed by atoms with Crippen molar-refractivity contribution in [2.75, 3.05) is 32.9 Å². The van der Waals surface area contributed by atoms with Gasteiger partial charge in [-0.3, -0.25) is 24.0 Å². The van der Waals surface area contributed by atoms with Gasteiger partial charge in [0.1, 0.15) is 18.3 Å². The van der Waals surface area contributed by atoms with Crippen LogP contribution in [0.4, 0.5) is 0 Å². The van der Waals surface area contributed by atoms with Gasteiger partial charge in [0, 0.05) is 40.8 Å². The van der Waals surface area contributed by atoms with Crippen molar-refractivity contribution in [3.8, 4) is 0 Å². The molecule has 1 aliphatic heterocycles. The van der Waals surface area contributed by atoms with Crippen molar-refractivity contribution >= 4 is 29.8 Å². The first-order chi connectivity index (χ1) is 17.2. The first-order valence-electron chi connectivity index (χ1n) is 12.1. The summed E-state index contributed by atoms with van der Waals surface area (Å²) >= 11 is 0. The van der Waals surface area contributed by atoms with Gasteiger partial charge in [-0.2, -0.15) is 0 Å². The van der Waals surface area contributed by atoms with Gasteiger partial charge in [-0.25, -0.2) is 0 Å². The molecular weight excluding hydrogens is 492 g/mol. The average Bonchev–Trinajstić information content (AvgIpc) is 2.73. The molecule has 13 nitrogen and oxygen atoms in total. The summed E-state index contributed by atoms with van der Waals surface area (Å²) in [4.78, 5) is 58.7. The molecule has 0 bridgehead atoms. The van der Waals surface area contributed by atoms with Crippen LogP contribution >= 0.6 is 0 Å². The monoisotopic (exact) mass is 532 g/mol. The zero-order valence-electron chi connectivity index (χ0n) is 22.6. The van der Waals surface area contributed by atoms with Crippen molar-refractivity contribution < 1.29 is 52.4 Å². The van der Waals surface area contributed by atoms with Gasteiger partial charge < -0.3 is 39.1 Å². The van der Waals surface area contributed by atoms with Gasteiger partial charge in [0.25, 0.3) is 0 Å². The third kappa shape index (κ3) is 13.4. The Balaban J connectivity index is 2.83. The molecule has 0 spiro atoms. The standard InChI is InChI=1S/C24H40N2O11/c1-14(27)26-21-18(8-10-32-11-9-25-12-20(31)37-24(5,6)7)36-19(13-33-15(2)28)22(34-16(3)29)23(21)35-17(4)30/h18-19,21-23,25H,8-13H2,1-7H3,(H,26,27)/t18-,19+,21+,22-,23+/m0/s1. The van der Waals surface area contributed by atoms with Gasteiger partial charge in [-0.15, -0.1) is 0 Å². The number of amides is 1. The maximum atomic E-state index is 11.9. The van der Waals surface area contributed by atoms with E-state index >= 15 is 0 Å². The first-order valence-corrected chi connectivity index (χ1v) is 12.1. The van der Waals surface area contributed by atoms with Crippen LogP contribution in [0.15, 0.2) is 0 Å². The van der Waals surface area contributed by atoms with E-state index in [-0.39, 0.29) is 38.8 Å². The number of hydrogen-bond acceptors (Lipinski definition) is 12. The van der Waals surface area contributed by atoms with Crippen LogP contribution in [0, 0.1) is 0 Å². The largest absolute Gasteiger partial charge is 0.463 e. The SMILES string of the molecule is CC(=O)N[C@H]1[C@@H](OC(C)=O)[C@@H](OC(C)=O)[C@@H](COC(C)=O)O[C@H]1CCOCCNCC(=O)OC(C)(C)C. The zero-order valence-corrected chi connectivity index (χ0v) is 22.6. The number of hydrogen-bond donors (Lipinski definition) is 2. The summed E-state index contributed by atoms with van der Waals surface area (Å²) in [6.45, 7) is 10.9. The van der Waals surface area contributed by atoms with Crippen LogP contribution in [0.5, 0.6) is 0 Å². The molecule has 0 aromatic carbocycles. The van der Waals surface area contributed by atoms with E-state index in [1.807, 2.05) is 0 Å². The predicted molar refractivity (Wildman–Crippen MR) is 128 cm³/mol. The first kappa shape index (κ1) is 32.3. The van der Waals surface area contributed by atoms with Crippen LogP contribution in [0.1, 0.15) is 54.9 Å². The highest BCUT2D eigenvalue weighted by Crippen LogP contribution is 2.28. The van der Waals surface area contributed by atoms with E-state index in [9.17, 15) is 24.0 Å². The van der Waals surface area contributed by atoms with Gasteiger partial charge in [0.2, 0.25) is 5.91 Å². The minimum atomic E-state index is -1.13. The second kappa shape index (κ2) is 15.5. The average molecular weight is 533 g/mol. The predicted octanol–water partition coefficient (Wildman–Crippen LogP) is 0.0230. The zero-order chi connectivity index (χ0) is 28.2. The molecule has 1 heterocycles. The van der Waals surface area contributed by atoms with E-state index in [1.165, 1.54) is 27.7 Å². The Morgan fingerprint density at radius 1 is 0.838 bits per heavy atom. The van der Waals surface area contributed by atoms with Crippen LogP contribution in [0.25, 0.3) is 0 Å². The summed E-state index contributed by atoms with van der Waals surface area (Å²) in [7, 11) is 0. The highest BCUT2D eigenvalue weighted by molar-refractivity contribution is 5.74. The lowest BCUT2D eigenvalue weighted by Gasteiger charge is -2.45. The number of rotatable bonds is 13. The molecule has 1 aliphatic rings. The van der Waals surface area contributed by atoms with Gasteiger partial charge >= 0.3 is 23.9 Å². The Bertz CT molecular complexity index is 796. The van der Waals surface area contributed by atoms with E-state index in [0.29, 0.717) is 6.54 Å². The highest BCUT2D eigenvalue weighted by atomic mass is 16.6. The highest BCUT2D eigenvalue weighted by Gasteiger charge is 2.50. The summed E-state index contributed by atoms with van der Waals surface area (Å²) in [5.41, 5.74) is -0.564. The molecule has 0 aromatic rings. The summed E-state index contributed by atoms with van der Waals surface area (Å²) in [6, 6.07) is -0.867. The van der Waals surface area contributed by atoms with E-state index in [0.717, 1.165) is 0 Å². The van der Waals surface area contributed by atoms with Crippen molar-refractivity contribution in [2.24, 2.45) is 0 Å². The topological polar surface area (TPSA) is 165 Å². The Morgan fingerprint density at radius 2 is 1.46 bits per heavy atom. The fraction of sp³-hybridized carbons (Fsp3) is 0.792. The minimum absolute atomic E-state index is 0.0381. The molecule has 37 heavy (non-hydrogen) atoms. The van der Waals surface area contributed by atoms with Crippen molar-refractivity contribution in [3.63, 3.8) is 0 Å². The van der Waals surface area contributed by atoms with E-state index in [4.69, 9.17) is 28.4 Å². The molecule has 0 saturated carbocycles. The number of carbonyl (C=O) groups excluding carboxylic acids is 5. The maximum absolute atomic E-state index is 11.9. The van der Waals surface area contributed by atoms with Crippen molar-refractivity contribution in [2.45, 2.75) is 90.9 Å². The summed E-state index contributed by atoms with van der Waals surface area (Å²) in [6.07, 6.45) is -3.65. The Labute approximate surface area is 217 Å². The molecule has 1 fully saturated rings. The van der Waals surface area contributed by atoms with Crippen molar-refractivity contribution in [1.82, 2.24) is 10.6 Å². The van der Waals surface area contributed by atoms with Crippen LogP contribution in [-0.2, 0) is 52.4 Å². The van der Waals surface area contributed by atoms with Crippen molar-refractivity contribution in [3.05, 3.63) is 0 Å². The Morgan fingerprint density at radius 3 is 2.00 bits per heavy atom. The Kier molecular flexibility index (Phi) is 13.5. The fourth-order valence-corrected chi connectivity index (χ4v) is 3.69. The summed E-state index contributed by atoms with van der Waals surface area (Å²) in [5.74, 6) is -2.68. The molecule has 0 unspecified atom stereocenters. The second-order valence-electron chi connectivity index (χ2n) is 9.55. The van der Waals surface area contributed by atoms with Crippen LogP contribution in [-0.4, -0.2) is 98.8 Å². The smallest absolute Gasteiger partial charge is 0.320 e. The molecule has 13 heteroatoms. The second-order valence-corrected chi connectivity index (χ2v) is 9.55. The lowest BCUT2D eigenvalue weighted by Crippen LogP contribution is -2.66. The lowest BCUT2D eigenvalue weighted by atomic mass is 9.90. The molecule has 2 N–H and O–H groups in total.